The van der Waals surface area contributed by atoms with E-state index in [9.17, 15) is 14.7 Å². The summed E-state index contributed by atoms with van der Waals surface area (Å²) in [5.74, 6) is -0.157. The maximum absolute atomic E-state index is 14.9. The lowest BCUT2D eigenvalue weighted by atomic mass is 9.93. The zero-order valence-electron chi connectivity index (χ0n) is 27.4. The van der Waals surface area contributed by atoms with Gasteiger partial charge in [-0.2, -0.15) is 0 Å². The van der Waals surface area contributed by atoms with Crippen LogP contribution in [0.25, 0.3) is 22.2 Å². The number of nitrogens with zero attached hydrogens (tertiary/aromatic N) is 4. The molecule has 0 saturated heterocycles. The first-order valence-electron chi connectivity index (χ1n) is 16.6. The molecule has 6 aromatic rings. The minimum absolute atomic E-state index is 0.0225. The van der Waals surface area contributed by atoms with Crippen LogP contribution in [0.2, 0.25) is 5.02 Å². The van der Waals surface area contributed by atoms with Crippen LogP contribution in [0.15, 0.2) is 103 Å². The zero-order chi connectivity index (χ0) is 33.8. The predicted molar refractivity (Wildman–Crippen MR) is 194 cm³/mol. The molecule has 0 unspecified atom stereocenters. The van der Waals surface area contributed by atoms with Crippen molar-refractivity contribution in [1.82, 2.24) is 19.4 Å². The van der Waals surface area contributed by atoms with Crippen LogP contribution in [0.4, 0.5) is 11.4 Å². The third kappa shape index (κ3) is 5.47. The van der Waals surface area contributed by atoms with Crippen molar-refractivity contribution < 1.29 is 14.7 Å². The number of rotatable bonds is 5. The molecule has 2 aromatic heterocycles. The van der Waals surface area contributed by atoms with E-state index in [1.54, 1.807) is 35.2 Å². The largest absolute Gasteiger partial charge is 0.508 e. The van der Waals surface area contributed by atoms with Crippen LogP contribution >= 0.6 is 11.6 Å². The summed E-state index contributed by atoms with van der Waals surface area (Å²) >= 11 is 6.63. The normalized spacial score (nSPS) is 15.6. The molecular weight excluding hydrogens is 634 g/mol. The second kappa shape index (κ2) is 12.3. The first kappa shape index (κ1) is 31.0. The average Bonchev–Trinajstić information content (AvgIpc) is 3.69. The number of carbonyl (C=O) groups excluding carboxylic acids is 2. The fourth-order valence-electron chi connectivity index (χ4n) is 7.37. The van der Waals surface area contributed by atoms with Crippen LogP contribution in [0.5, 0.6) is 5.75 Å². The second-order valence-electron chi connectivity index (χ2n) is 13.0. The number of phenols is 1. The van der Waals surface area contributed by atoms with E-state index in [4.69, 9.17) is 11.6 Å². The van der Waals surface area contributed by atoms with Crippen LogP contribution in [-0.2, 0) is 33.1 Å². The van der Waals surface area contributed by atoms with Crippen molar-refractivity contribution >= 4 is 45.7 Å². The van der Waals surface area contributed by atoms with E-state index in [1.165, 1.54) is 5.56 Å². The molecule has 9 heteroatoms. The van der Waals surface area contributed by atoms with Gasteiger partial charge in [0.25, 0.3) is 11.8 Å². The van der Waals surface area contributed by atoms with Gasteiger partial charge in [0, 0.05) is 95.3 Å². The molecule has 8 rings (SSSR count). The van der Waals surface area contributed by atoms with Crippen molar-refractivity contribution in [2.75, 3.05) is 11.4 Å². The third-order valence-electron chi connectivity index (χ3n) is 9.94. The molecule has 0 bridgehead atoms. The quantitative estimate of drug-likeness (QED) is 0.197. The maximum Gasteiger partial charge on any atom is 0.264 e. The van der Waals surface area contributed by atoms with E-state index < -0.39 is 0 Å². The van der Waals surface area contributed by atoms with Crippen LogP contribution in [0.1, 0.15) is 44.5 Å². The van der Waals surface area contributed by atoms with E-state index in [0.29, 0.717) is 52.7 Å². The fraction of sp³-hybridized carbons (Fsp3) is 0.200. The van der Waals surface area contributed by atoms with Gasteiger partial charge in [0.2, 0.25) is 0 Å². The first-order valence-corrected chi connectivity index (χ1v) is 16.9. The van der Waals surface area contributed by atoms with Crippen molar-refractivity contribution in [2.24, 2.45) is 7.05 Å². The number of benzene rings is 4. The number of anilines is 2. The maximum atomic E-state index is 14.9. The highest BCUT2D eigenvalue weighted by molar-refractivity contribution is 6.31. The Hall–Kier alpha value is -5.31. The Bertz CT molecular complexity index is 2250. The first-order chi connectivity index (χ1) is 23.8. The third-order valence-corrected chi connectivity index (χ3v) is 10.2. The lowest BCUT2D eigenvalue weighted by Gasteiger charge is -2.35. The van der Waals surface area contributed by atoms with E-state index in [2.05, 4.69) is 28.9 Å². The molecule has 8 nitrogen and oxygen atoms in total. The number of amides is 2. The summed E-state index contributed by atoms with van der Waals surface area (Å²) in [6.45, 7) is 4.46. The lowest BCUT2D eigenvalue weighted by molar-refractivity contribution is 0.0659. The van der Waals surface area contributed by atoms with Crippen LogP contribution in [0, 0.1) is 0 Å². The highest BCUT2D eigenvalue weighted by Gasteiger charge is 2.32. The van der Waals surface area contributed by atoms with Crippen molar-refractivity contribution in [2.45, 2.75) is 39.0 Å². The summed E-state index contributed by atoms with van der Waals surface area (Å²) in [4.78, 5) is 32.9. The highest BCUT2D eigenvalue weighted by Crippen LogP contribution is 2.37. The molecule has 0 spiro atoms. The summed E-state index contributed by atoms with van der Waals surface area (Å²) in [6, 6.07) is 30.3. The van der Waals surface area contributed by atoms with Crippen molar-refractivity contribution in [3.05, 3.63) is 136 Å². The number of hydrogen-bond acceptors (Lipinski definition) is 4. The zero-order valence-corrected chi connectivity index (χ0v) is 28.1. The summed E-state index contributed by atoms with van der Waals surface area (Å²) in [5, 5.41) is 15.1. The molecule has 49 heavy (non-hydrogen) atoms. The number of aromatic nitrogens is 2. The Morgan fingerprint density at radius 1 is 0.898 bits per heavy atom. The molecule has 2 aliphatic rings. The Kier molecular flexibility index (Phi) is 7.77. The Labute approximate surface area is 289 Å². The van der Waals surface area contributed by atoms with E-state index in [-0.39, 0.29) is 23.6 Å². The molecule has 2 N–H and O–H groups in total. The van der Waals surface area contributed by atoms with Gasteiger partial charge in [0.05, 0.1) is 5.56 Å². The average molecular weight is 670 g/mol. The molecule has 0 radical (unpaired) electrons. The van der Waals surface area contributed by atoms with Crippen molar-refractivity contribution in [1.29, 1.82) is 0 Å². The van der Waals surface area contributed by atoms with Gasteiger partial charge in [-0.25, -0.2) is 0 Å². The van der Waals surface area contributed by atoms with Crippen LogP contribution < -0.4 is 10.2 Å². The predicted octanol–water partition coefficient (Wildman–Crippen LogP) is 7.67. The molecule has 2 amide bonds. The molecule has 4 aromatic carbocycles. The van der Waals surface area contributed by atoms with Crippen LogP contribution in [-0.4, -0.2) is 43.5 Å². The molecule has 0 aliphatic carbocycles. The Morgan fingerprint density at radius 2 is 1.67 bits per heavy atom. The van der Waals surface area contributed by atoms with Gasteiger partial charge < -0.3 is 24.5 Å². The van der Waals surface area contributed by atoms with Gasteiger partial charge in [-0.1, -0.05) is 35.9 Å². The molecule has 0 fully saturated rings. The number of carbonyl (C=O) groups is 2. The number of hydrogen-bond donors (Lipinski definition) is 2. The minimum Gasteiger partial charge on any atom is -0.508 e. The molecule has 1 atom stereocenters. The standard InChI is InChI=1S/C40H36ClN5O3/c1-25-19-26-5-3-4-6-28(26)24-45(25)39(48)33-13-7-29(41)21-34(33)37-22-35(38-23-42-16-18-44(37)38)40(49)46(30-8-11-32(47)12-9-30)31-10-14-36-27(20-31)15-17-43(36)2/h3-15,17,20-22,25,42,47H,16,18-19,23-24H2,1-2H3/t25-/m1/s1. The SMILES string of the molecule is C[C@@H]1Cc2ccccc2CN1C(=O)c1ccc(Cl)cc1-c1cc(C(=O)N(c2ccc(O)cc2)c2ccc3c(ccn3C)c2)c2n1CCNC2. The Morgan fingerprint density at radius 3 is 2.49 bits per heavy atom. The second-order valence-corrected chi connectivity index (χ2v) is 13.4. The van der Waals surface area contributed by atoms with Gasteiger partial charge in [-0.3, -0.25) is 14.5 Å². The molecule has 246 valence electrons. The van der Waals surface area contributed by atoms with Gasteiger partial charge in [0.1, 0.15) is 5.75 Å². The van der Waals surface area contributed by atoms with E-state index in [0.717, 1.165) is 40.8 Å². The lowest BCUT2D eigenvalue weighted by Crippen LogP contribution is -2.42. The highest BCUT2D eigenvalue weighted by atomic mass is 35.5. The van der Waals surface area contributed by atoms with Crippen molar-refractivity contribution in [3.8, 4) is 17.0 Å². The monoisotopic (exact) mass is 669 g/mol. The van der Waals surface area contributed by atoms with E-state index in [1.807, 2.05) is 77.3 Å². The fourth-order valence-corrected chi connectivity index (χ4v) is 7.55. The number of fused-ring (bicyclic) bond motifs is 3. The topological polar surface area (TPSA) is 82.7 Å². The van der Waals surface area contributed by atoms with E-state index >= 15 is 0 Å². The molecule has 2 aliphatic heterocycles. The Balaban J connectivity index is 1.24. The number of nitrogens with one attached hydrogen (secondary N) is 1. The number of aryl methyl sites for hydroxylation is 1. The number of aromatic hydroxyl groups is 1. The van der Waals surface area contributed by atoms with Gasteiger partial charge >= 0.3 is 0 Å². The number of halogens is 1. The minimum atomic E-state index is -0.212. The molecule has 4 heterocycles. The van der Waals surface area contributed by atoms with Crippen molar-refractivity contribution in [3.63, 3.8) is 0 Å². The van der Waals surface area contributed by atoms with Gasteiger partial charge in [-0.15, -0.1) is 0 Å². The summed E-state index contributed by atoms with van der Waals surface area (Å²) in [6.07, 6.45) is 2.79. The number of phenolic OH excluding ortho intramolecular Hbond substituents is 1. The summed E-state index contributed by atoms with van der Waals surface area (Å²) in [5.41, 5.74) is 8.23. The van der Waals surface area contributed by atoms with Crippen LogP contribution in [0.3, 0.4) is 0 Å². The molecule has 0 saturated carbocycles. The smallest absolute Gasteiger partial charge is 0.264 e. The summed E-state index contributed by atoms with van der Waals surface area (Å²) < 4.78 is 4.19. The summed E-state index contributed by atoms with van der Waals surface area (Å²) in [7, 11) is 1.99. The molecular formula is C40H36ClN5O3. The van der Waals surface area contributed by atoms with Gasteiger partial charge in [-0.05, 0) is 97.3 Å². The van der Waals surface area contributed by atoms with Gasteiger partial charge in [0.15, 0.2) is 0 Å².